The summed E-state index contributed by atoms with van der Waals surface area (Å²) < 4.78 is 34.2. The normalized spacial score (nSPS) is 15.0. The zero-order chi connectivity index (χ0) is 23.8. The van der Waals surface area contributed by atoms with E-state index in [1.54, 1.807) is 12.1 Å². The van der Waals surface area contributed by atoms with Gasteiger partial charge in [0.05, 0.1) is 23.5 Å². The second-order valence-corrected chi connectivity index (χ2v) is 9.55. The summed E-state index contributed by atoms with van der Waals surface area (Å²) in [6, 6.07) is 9.16. The molecule has 0 aliphatic carbocycles. The number of morpholine rings is 1. The molecule has 12 heteroatoms. The van der Waals surface area contributed by atoms with Crippen LogP contribution in [0.4, 0.5) is 0 Å². The highest BCUT2D eigenvalue weighted by Gasteiger charge is 2.26. The Morgan fingerprint density at radius 1 is 1.03 bits per heavy atom. The number of rotatable bonds is 5. The topological polar surface area (TPSA) is 133 Å². The Morgan fingerprint density at radius 2 is 1.70 bits per heavy atom. The number of ether oxygens (including phenoxy) is 1. The van der Waals surface area contributed by atoms with Crippen LogP contribution in [0.25, 0.3) is 11.0 Å². The molecule has 1 saturated heterocycles. The SMILES string of the molecule is Cn1c(=O)c2ccc(C(=O)NCc3ccc(S(=O)(=O)N4CCOCC4)cc3)nc2n(C)c1=O. The van der Waals surface area contributed by atoms with Gasteiger partial charge in [-0.2, -0.15) is 4.31 Å². The van der Waals surface area contributed by atoms with Crippen molar-refractivity contribution in [2.24, 2.45) is 14.1 Å². The molecule has 1 aliphatic rings. The fourth-order valence-corrected chi connectivity index (χ4v) is 4.98. The Balaban J connectivity index is 1.48. The van der Waals surface area contributed by atoms with Crippen LogP contribution < -0.4 is 16.6 Å². The number of pyridine rings is 1. The first kappa shape index (κ1) is 22.8. The van der Waals surface area contributed by atoms with E-state index >= 15 is 0 Å². The smallest absolute Gasteiger partial charge is 0.332 e. The largest absolute Gasteiger partial charge is 0.379 e. The summed E-state index contributed by atoms with van der Waals surface area (Å²) in [5, 5.41) is 2.94. The lowest BCUT2D eigenvalue weighted by Crippen LogP contribution is -2.40. The average Bonchev–Trinajstić information content (AvgIpc) is 2.85. The van der Waals surface area contributed by atoms with E-state index in [2.05, 4.69) is 10.3 Å². The van der Waals surface area contributed by atoms with E-state index in [9.17, 15) is 22.8 Å². The lowest BCUT2D eigenvalue weighted by atomic mass is 10.2. The summed E-state index contributed by atoms with van der Waals surface area (Å²) in [6.45, 7) is 1.52. The molecule has 0 unspecified atom stereocenters. The van der Waals surface area contributed by atoms with Gasteiger partial charge in [-0.3, -0.25) is 18.7 Å². The van der Waals surface area contributed by atoms with Crippen molar-refractivity contribution in [2.45, 2.75) is 11.4 Å². The molecule has 1 aromatic carbocycles. The van der Waals surface area contributed by atoms with Crippen LogP contribution in [0.15, 0.2) is 50.9 Å². The van der Waals surface area contributed by atoms with E-state index in [-0.39, 0.29) is 28.2 Å². The van der Waals surface area contributed by atoms with Crippen LogP contribution in [-0.2, 0) is 35.4 Å². The third-order valence-corrected chi connectivity index (χ3v) is 7.43. The number of hydrogen-bond acceptors (Lipinski definition) is 7. The number of nitrogens with one attached hydrogen (secondary N) is 1. The molecule has 1 amide bonds. The van der Waals surface area contributed by atoms with Gasteiger partial charge < -0.3 is 10.1 Å². The maximum absolute atomic E-state index is 12.7. The molecule has 174 valence electrons. The molecule has 0 radical (unpaired) electrons. The summed E-state index contributed by atoms with van der Waals surface area (Å²) in [6.07, 6.45) is 0. The van der Waals surface area contributed by atoms with Gasteiger partial charge in [0.15, 0.2) is 0 Å². The molecular weight excluding hydrogens is 450 g/mol. The minimum Gasteiger partial charge on any atom is -0.379 e. The fraction of sp³-hybridized carbons (Fsp3) is 0.333. The molecule has 1 N–H and O–H groups in total. The maximum atomic E-state index is 12.7. The standard InChI is InChI=1S/C21H23N5O6S/c1-24-18-16(20(28)25(2)21(24)29)7-8-17(23-18)19(27)22-13-14-3-5-15(6-4-14)33(30,31)26-9-11-32-12-10-26/h3-8H,9-13H2,1-2H3,(H,22,27). The number of benzene rings is 1. The molecule has 1 fully saturated rings. The van der Waals surface area contributed by atoms with Crippen molar-refractivity contribution in [3.05, 3.63) is 68.5 Å². The molecule has 33 heavy (non-hydrogen) atoms. The predicted octanol–water partition coefficient (Wildman–Crippen LogP) is -0.417. The molecule has 0 saturated carbocycles. The van der Waals surface area contributed by atoms with Gasteiger partial charge in [0.2, 0.25) is 10.0 Å². The van der Waals surface area contributed by atoms with Crippen LogP contribution >= 0.6 is 0 Å². The Kier molecular flexibility index (Phi) is 6.15. The molecule has 4 rings (SSSR count). The van der Waals surface area contributed by atoms with Crippen molar-refractivity contribution in [1.29, 1.82) is 0 Å². The summed E-state index contributed by atoms with van der Waals surface area (Å²) in [5.74, 6) is -0.491. The molecule has 1 aliphatic heterocycles. The molecule has 0 atom stereocenters. The van der Waals surface area contributed by atoms with Gasteiger partial charge in [-0.1, -0.05) is 12.1 Å². The van der Waals surface area contributed by atoms with E-state index in [0.29, 0.717) is 31.9 Å². The summed E-state index contributed by atoms with van der Waals surface area (Å²) in [4.78, 5) is 41.3. The Bertz CT molecular complexity index is 1440. The van der Waals surface area contributed by atoms with Crippen LogP contribution in [0.1, 0.15) is 16.1 Å². The van der Waals surface area contributed by atoms with Gasteiger partial charge in [-0.25, -0.2) is 18.2 Å². The van der Waals surface area contributed by atoms with E-state index in [0.717, 1.165) is 4.57 Å². The Morgan fingerprint density at radius 3 is 2.36 bits per heavy atom. The van der Waals surface area contributed by atoms with E-state index in [1.165, 1.54) is 47.2 Å². The fourth-order valence-electron chi connectivity index (χ4n) is 3.57. The minimum absolute atomic E-state index is 0.0530. The minimum atomic E-state index is -3.59. The van der Waals surface area contributed by atoms with Crippen LogP contribution in [0, 0.1) is 0 Å². The van der Waals surface area contributed by atoms with Crippen molar-refractivity contribution in [2.75, 3.05) is 26.3 Å². The number of aryl methyl sites for hydroxylation is 1. The molecule has 2 aromatic heterocycles. The second kappa shape index (κ2) is 8.89. The van der Waals surface area contributed by atoms with Crippen molar-refractivity contribution >= 4 is 27.0 Å². The predicted molar refractivity (Wildman–Crippen MR) is 119 cm³/mol. The number of carbonyl (C=O) groups is 1. The van der Waals surface area contributed by atoms with Gasteiger partial charge >= 0.3 is 5.69 Å². The molecule has 3 heterocycles. The highest BCUT2D eigenvalue weighted by atomic mass is 32.2. The zero-order valence-corrected chi connectivity index (χ0v) is 19.0. The number of aromatic nitrogens is 3. The first-order chi connectivity index (χ1) is 15.7. The number of amides is 1. The second-order valence-electron chi connectivity index (χ2n) is 7.62. The third-order valence-electron chi connectivity index (χ3n) is 5.52. The highest BCUT2D eigenvalue weighted by molar-refractivity contribution is 7.89. The van der Waals surface area contributed by atoms with Gasteiger partial charge in [0.1, 0.15) is 11.3 Å². The maximum Gasteiger partial charge on any atom is 0.332 e. The van der Waals surface area contributed by atoms with Crippen molar-refractivity contribution in [1.82, 2.24) is 23.7 Å². The Hall–Kier alpha value is -3.35. The monoisotopic (exact) mass is 473 g/mol. The van der Waals surface area contributed by atoms with E-state index in [1.807, 2.05) is 0 Å². The lowest BCUT2D eigenvalue weighted by molar-refractivity contribution is 0.0730. The molecule has 0 bridgehead atoms. The molecule has 0 spiro atoms. The quantitative estimate of drug-likeness (QED) is 0.532. The van der Waals surface area contributed by atoms with E-state index < -0.39 is 27.2 Å². The van der Waals surface area contributed by atoms with Crippen molar-refractivity contribution < 1.29 is 17.9 Å². The van der Waals surface area contributed by atoms with Crippen LogP contribution in [0.3, 0.4) is 0 Å². The number of sulfonamides is 1. The number of nitrogens with zero attached hydrogens (tertiary/aromatic N) is 4. The highest BCUT2D eigenvalue weighted by Crippen LogP contribution is 2.17. The number of carbonyl (C=O) groups excluding carboxylic acids is 1. The molecule has 11 nitrogen and oxygen atoms in total. The molecule has 3 aromatic rings. The van der Waals surface area contributed by atoms with Gasteiger partial charge in [-0.15, -0.1) is 0 Å². The number of fused-ring (bicyclic) bond motifs is 1. The van der Waals surface area contributed by atoms with Crippen LogP contribution in [0.2, 0.25) is 0 Å². The summed E-state index contributed by atoms with van der Waals surface area (Å²) in [5.41, 5.74) is -0.151. The average molecular weight is 474 g/mol. The molecular formula is C21H23N5O6S. The summed E-state index contributed by atoms with van der Waals surface area (Å²) >= 11 is 0. The first-order valence-corrected chi connectivity index (χ1v) is 11.7. The van der Waals surface area contributed by atoms with Crippen molar-refractivity contribution in [3.63, 3.8) is 0 Å². The summed E-state index contributed by atoms with van der Waals surface area (Å²) in [7, 11) is -0.733. The zero-order valence-electron chi connectivity index (χ0n) is 18.1. The van der Waals surface area contributed by atoms with Crippen molar-refractivity contribution in [3.8, 4) is 0 Å². The van der Waals surface area contributed by atoms with Crippen LogP contribution in [0.5, 0.6) is 0 Å². The first-order valence-electron chi connectivity index (χ1n) is 10.2. The van der Waals surface area contributed by atoms with E-state index in [4.69, 9.17) is 4.74 Å². The van der Waals surface area contributed by atoms with Crippen LogP contribution in [-0.4, -0.2) is 59.1 Å². The Labute approximate surface area is 189 Å². The van der Waals surface area contributed by atoms with Gasteiger partial charge in [0.25, 0.3) is 11.5 Å². The van der Waals surface area contributed by atoms with Gasteiger partial charge in [0, 0.05) is 33.7 Å². The number of hydrogen-bond donors (Lipinski definition) is 1. The lowest BCUT2D eigenvalue weighted by Gasteiger charge is -2.26. The third kappa shape index (κ3) is 4.32. The van der Waals surface area contributed by atoms with Gasteiger partial charge in [-0.05, 0) is 29.8 Å².